The van der Waals surface area contributed by atoms with Crippen LogP contribution in [-0.2, 0) is 23.8 Å². The van der Waals surface area contributed by atoms with Crippen LogP contribution in [0.5, 0.6) is 0 Å². The van der Waals surface area contributed by atoms with Crippen molar-refractivity contribution in [2.24, 2.45) is 0 Å². The summed E-state index contributed by atoms with van der Waals surface area (Å²) in [5, 5.41) is -6.83. The molecule has 0 saturated carbocycles. The van der Waals surface area contributed by atoms with Gasteiger partial charge >= 0.3 is 33.4 Å². The van der Waals surface area contributed by atoms with Crippen LogP contribution in [0, 0.1) is 0 Å². The molecule has 0 aromatic heterocycles. The Kier molecular flexibility index (Phi) is 12.1. The lowest BCUT2D eigenvalue weighted by atomic mass is 10.1. The average molecular weight is 500 g/mol. The number of ether oxygens (including phenoxy) is 2. The van der Waals surface area contributed by atoms with E-state index in [1.807, 2.05) is 0 Å². The molecule has 0 amide bonds. The number of unbranched alkanes of at least 4 members (excludes halogenated alkanes) is 4. The molecule has 0 fully saturated rings. The minimum absolute atomic E-state index is 0.00664. The smallest absolute Gasteiger partial charge is 0.379 e. The van der Waals surface area contributed by atoms with E-state index in [-0.39, 0.29) is 32.7 Å². The van der Waals surface area contributed by atoms with E-state index in [0.29, 0.717) is 6.61 Å². The Balaban J connectivity index is 4.34. The molecule has 0 unspecified atom stereocenters. The van der Waals surface area contributed by atoms with Crippen molar-refractivity contribution in [2.75, 3.05) is 33.0 Å². The summed E-state index contributed by atoms with van der Waals surface area (Å²) in [6.45, 7) is 1.88. The van der Waals surface area contributed by atoms with Crippen molar-refractivity contribution >= 4 is 10.1 Å². The molecular weight excluding hydrogens is 475 g/mol. The van der Waals surface area contributed by atoms with Gasteiger partial charge in [-0.1, -0.05) is 26.2 Å². The van der Waals surface area contributed by atoms with E-state index >= 15 is 0 Å². The zero-order valence-electron chi connectivity index (χ0n) is 16.6. The average Bonchev–Trinajstić information content (AvgIpc) is 2.64. The lowest BCUT2D eigenvalue weighted by Gasteiger charge is -2.32. The predicted molar refractivity (Wildman–Crippen MR) is 90.8 cm³/mol. The maximum Gasteiger partial charge on any atom is 0.460 e. The van der Waals surface area contributed by atoms with Gasteiger partial charge in [-0.25, -0.2) is 0 Å². The second-order valence-corrected chi connectivity index (χ2v) is 8.09. The summed E-state index contributed by atoms with van der Waals surface area (Å²) < 4.78 is 151. The fraction of sp³-hybridized carbons (Fsp3) is 1.00. The van der Waals surface area contributed by atoms with Crippen molar-refractivity contribution in [3.8, 4) is 0 Å². The van der Waals surface area contributed by atoms with Crippen LogP contribution in [0.25, 0.3) is 0 Å². The Labute approximate surface area is 174 Å². The van der Waals surface area contributed by atoms with Gasteiger partial charge in [0.1, 0.15) is 0 Å². The summed E-state index contributed by atoms with van der Waals surface area (Å²) in [4.78, 5) is 0. The first-order valence-electron chi connectivity index (χ1n) is 9.31. The number of rotatable bonds is 17. The van der Waals surface area contributed by atoms with Crippen molar-refractivity contribution in [3.63, 3.8) is 0 Å². The van der Waals surface area contributed by atoms with E-state index < -0.39 is 40.0 Å². The molecule has 15 heteroatoms. The predicted octanol–water partition coefficient (Wildman–Crippen LogP) is 5.15. The molecule has 0 aliphatic rings. The van der Waals surface area contributed by atoms with Crippen LogP contribution in [0.2, 0.25) is 0 Å². The minimum Gasteiger partial charge on any atom is -0.379 e. The Hall–Kier alpha value is -0.800. The van der Waals surface area contributed by atoms with Crippen molar-refractivity contribution in [1.82, 2.24) is 0 Å². The molecule has 0 aliphatic carbocycles. The molecule has 0 rings (SSSR count). The fourth-order valence-corrected chi connectivity index (χ4v) is 2.95. The molecule has 0 bridgehead atoms. The summed E-state index contributed by atoms with van der Waals surface area (Å²) in [6.07, 6.45) is -3.37. The molecule has 0 atom stereocenters. The zero-order chi connectivity index (χ0) is 24.4. The van der Waals surface area contributed by atoms with Gasteiger partial charge in [0.2, 0.25) is 0 Å². The van der Waals surface area contributed by atoms with E-state index in [2.05, 4.69) is 11.1 Å². The highest BCUT2D eigenvalue weighted by Crippen LogP contribution is 2.54. The number of hydrogen-bond donors (Lipinski definition) is 0. The maximum atomic E-state index is 13.4. The SMILES string of the molecule is CCCCCCOCCOCCCCOS(=O)(=O)C(F)(F)C(F)(F)C(F)(F)C(F)(F)F. The van der Waals surface area contributed by atoms with Crippen LogP contribution in [0.1, 0.15) is 45.4 Å². The van der Waals surface area contributed by atoms with Crippen molar-refractivity contribution < 1.29 is 61.6 Å². The summed E-state index contributed by atoms with van der Waals surface area (Å²) in [5.41, 5.74) is 0. The largest absolute Gasteiger partial charge is 0.460 e. The van der Waals surface area contributed by atoms with E-state index in [1.165, 1.54) is 0 Å². The second kappa shape index (κ2) is 12.4. The Morgan fingerprint density at radius 3 is 1.52 bits per heavy atom. The first kappa shape index (κ1) is 30.2. The monoisotopic (exact) mass is 500 g/mol. The van der Waals surface area contributed by atoms with Gasteiger partial charge in [0.05, 0.1) is 19.8 Å². The molecular formula is C16H25F9O5S. The van der Waals surface area contributed by atoms with Crippen LogP contribution in [0.4, 0.5) is 39.5 Å². The summed E-state index contributed by atoms with van der Waals surface area (Å²) in [6, 6.07) is 0. The summed E-state index contributed by atoms with van der Waals surface area (Å²) in [5.74, 6) is -14.6. The maximum absolute atomic E-state index is 13.4. The van der Waals surface area contributed by atoms with Gasteiger partial charge in [-0.2, -0.15) is 47.9 Å². The first-order chi connectivity index (χ1) is 14.1. The highest BCUT2D eigenvalue weighted by molar-refractivity contribution is 7.87. The van der Waals surface area contributed by atoms with Crippen LogP contribution in [-0.4, -0.2) is 64.7 Å². The number of alkyl halides is 9. The van der Waals surface area contributed by atoms with E-state index in [0.717, 1.165) is 25.7 Å². The van der Waals surface area contributed by atoms with Gasteiger partial charge < -0.3 is 9.47 Å². The first-order valence-corrected chi connectivity index (χ1v) is 10.7. The Bertz CT molecular complexity index is 609. The highest BCUT2D eigenvalue weighted by atomic mass is 32.2. The summed E-state index contributed by atoms with van der Waals surface area (Å²) >= 11 is 0. The Morgan fingerprint density at radius 2 is 1.06 bits per heavy atom. The molecule has 0 N–H and O–H groups in total. The molecule has 31 heavy (non-hydrogen) atoms. The Morgan fingerprint density at radius 1 is 0.613 bits per heavy atom. The van der Waals surface area contributed by atoms with Gasteiger partial charge in [0.25, 0.3) is 0 Å². The molecule has 5 nitrogen and oxygen atoms in total. The molecule has 0 heterocycles. The van der Waals surface area contributed by atoms with Gasteiger partial charge in [-0.3, -0.25) is 4.18 Å². The third-order valence-electron chi connectivity index (χ3n) is 3.87. The van der Waals surface area contributed by atoms with Crippen molar-refractivity contribution in [2.45, 2.75) is 68.7 Å². The van der Waals surface area contributed by atoms with E-state index in [4.69, 9.17) is 9.47 Å². The molecule has 0 aromatic carbocycles. The van der Waals surface area contributed by atoms with Crippen LogP contribution in [0.15, 0.2) is 0 Å². The lowest BCUT2D eigenvalue weighted by Crippen LogP contribution is -2.63. The lowest BCUT2D eigenvalue weighted by molar-refractivity contribution is -0.382. The third kappa shape index (κ3) is 8.24. The number of hydrogen-bond acceptors (Lipinski definition) is 5. The molecule has 0 radical (unpaired) electrons. The highest BCUT2D eigenvalue weighted by Gasteiger charge is 2.85. The second-order valence-electron chi connectivity index (χ2n) is 6.43. The normalized spacial score (nSPS) is 14.3. The standard InChI is InChI=1S/C16H25F9O5S/c1-2-3-4-5-8-28-11-12-29-9-6-7-10-30-31(26,27)16(24,25)14(19,20)13(17,18)15(21,22)23/h2-12H2,1H3. The summed E-state index contributed by atoms with van der Waals surface area (Å²) in [7, 11) is -6.80. The topological polar surface area (TPSA) is 61.8 Å². The molecule has 0 spiro atoms. The van der Waals surface area contributed by atoms with E-state index in [9.17, 15) is 47.9 Å². The van der Waals surface area contributed by atoms with Gasteiger partial charge in [0.15, 0.2) is 0 Å². The third-order valence-corrected chi connectivity index (χ3v) is 5.23. The molecule has 188 valence electrons. The minimum atomic E-state index is -7.31. The number of halogens is 9. The molecule has 0 aromatic rings. The van der Waals surface area contributed by atoms with Crippen molar-refractivity contribution in [1.29, 1.82) is 0 Å². The fourth-order valence-electron chi connectivity index (χ4n) is 2.02. The van der Waals surface area contributed by atoms with Crippen LogP contribution < -0.4 is 0 Å². The van der Waals surface area contributed by atoms with Gasteiger partial charge in [-0.15, -0.1) is 0 Å². The van der Waals surface area contributed by atoms with Crippen molar-refractivity contribution in [3.05, 3.63) is 0 Å². The van der Waals surface area contributed by atoms with Gasteiger partial charge in [-0.05, 0) is 19.3 Å². The van der Waals surface area contributed by atoms with Crippen LogP contribution in [0.3, 0.4) is 0 Å². The van der Waals surface area contributed by atoms with E-state index in [1.54, 1.807) is 0 Å². The van der Waals surface area contributed by atoms with Gasteiger partial charge in [0, 0.05) is 13.2 Å². The molecule has 0 saturated heterocycles. The quantitative estimate of drug-likeness (QED) is 0.157. The van der Waals surface area contributed by atoms with Crippen LogP contribution >= 0.6 is 0 Å². The zero-order valence-corrected chi connectivity index (χ0v) is 17.4. The molecule has 0 aliphatic heterocycles.